The number of nitrogens with zero attached hydrogens (tertiary/aromatic N) is 4. The van der Waals surface area contributed by atoms with Gasteiger partial charge in [0.25, 0.3) is 5.91 Å². The third kappa shape index (κ3) is 6.33. The van der Waals surface area contributed by atoms with Gasteiger partial charge in [0, 0.05) is 49.8 Å². The highest BCUT2D eigenvalue weighted by Crippen LogP contribution is 2.23. The summed E-state index contributed by atoms with van der Waals surface area (Å²) in [6, 6.07) is 12.9. The Hall–Kier alpha value is -3.44. The van der Waals surface area contributed by atoms with Gasteiger partial charge in [0.2, 0.25) is 5.95 Å². The lowest BCUT2D eigenvalue weighted by atomic mass is 10.2. The highest BCUT2D eigenvalue weighted by atomic mass is 32.2. The van der Waals surface area contributed by atoms with Gasteiger partial charge in [-0.05, 0) is 42.7 Å². The number of pyridine rings is 1. The number of morpholine rings is 1. The molecule has 11 heteroatoms. The molecule has 34 heavy (non-hydrogen) atoms. The number of aromatic nitrogens is 3. The molecule has 0 saturated carbocycles. The van der Waals surface area contributed by atoms with Gasteiger partial charge >= 0.3 is 0 Å². The van der Waals surface area contributed by atoms with Crippen LogP contribution in [0.15, 0.2) is 53.8 Å². The first-order valence-corrected chi connectivity index (χ1v) is 12.1. The van der Waals surface area contributed by atoms with Gasteiger partial charge < -0.3 is 25.6 Å². The van der Waals surface area contributed by atoms with Crippen molar-refractivity contribution in [2.45, 2.75) is 5.16 Å². The van der Waals surface area contributed by atoms with Gasteiger partial charge in [-0.15, -0.1) is 0 Å². The van der Waals surface area contributed by atoms with E-state index >= 15 is 0 Å². The number of hydrogen-bond donors (Lipinski definition) is 3. The summed E-state index contributed by atoms with van der Waals surface area (Å²) in [6.45, 7) is 3.98. The number of amides is 1. The van der Waals surface area contributed by atoms with Crippen LogP contribution in [0.2, 0.25) is 0 Å². The van der Waals surface area contributed by atoms with Crippen molar-refractivity contribution < 1.29 is 13.9 Å². The molecule has 0 aliphatic carbocycles. The Balaban J connectivity index is 1.33. The zero-order valence-electron chi connectivity index (χ0n) is 18.8. The summed E-state index contributed by atoms with van der Waals surface area (Å²) >= 11 is 1.43. The van der Waals surface area contributed by atoms with Crippen LogP contribution in [-0.4, -0.2) is 66.5 Å². The lowest BCUT2D eigenvalue weighted by Gasteiger charge is -2.28. The monoisotopic (exact) mass is 483 g/mol. The molecule has 1 aromatic carbocycles. The zero-order chi connectivity index (χ0) is 23.8. The maximum Gasteiger partial charge on any atom is 0.255 e. The van der Waals surface area contributed by atoms with Gasteiger partial charge in [-0.25, -0.2) is 15.0 Å². The smallest absolute Gasteiger partial charge is 0.255 e. The van der Waals surface area contributed by atoms with Gasteiger partial charge in [0.1, 0.15) is 11.6 Å². The molecule has 4 rings (SSSR count). The number of thioether (sulfide) groups is 1. The molecule has 0 atom stereocenters. The van der Waals surface area contributed by atoms with Crippen molar-refractivity contribution in [2.75, 3.05) is 61.2 Å². The molecule has 3 heterocycles. The third-order valence-corrected chi connectivity index (χ3v) is 5.67. The molecule has 1 saturated heterocycles. The van der Waals surface area contributed by atoms with Crippen LogP contribution in [0.5, 0.6) is 0 Å². The van der Waals surface area contributed by atoms with E-state index in [-0.39, 0.29) is 12.1 Å². The second-order valence-corrected chi connectivity index (χ2v) is 8.19. The predicted octanol–water partition coefficient (Wildman–Crippen LogP) is 3.15. The van der Waals surface area contributed by atoms with Crippen LogP contribution >= 0.6 is 11.8 Å². The third-order valence-electron chi connectivity index (χ3n) is 5.12. The van der Waals surface area contributed by atoms with Gasteiger partial charge in [-0.2, -0.15) is 4.39 Å². The van der Waals surface area contributed by atoms with E-state index in [9.17, 15) is 9.18 Å². The summed E-state index contributed by atoms with van der Waals surface area (Å²) in [5, 5.41) is 9.77. The van der Waals surface area contributed by atoms with E-state index in [4.69, 9.17) is 4.74 Å². The van der Waals surface area contributed by atoms with Crippen LogP contribution < -0.4 is 20.9 Å². The lowest BCUT2D eigenvalue weighted by molar-refractivity contribution is 0.0950. The van der Waals surface area contributed by atoms with Crippen molar-refractivity contribution in [3.8, 4) is 0 Å². The highest BCUT2D eigenvalue weighted by Gasteiger charge is 2.12. The van der Waals surface area contributed by atoms with E-state index < -0.39 is 11.9 Å². The Morgan fingerprint density at radius 1 is 1.12 bits per heavy atom. The number of hydrogen-bond acceptors (Lipinski definition) is 9. The van der Waals surface area contributed by atoms with Crippen molar-refractivity contribution in [1.82, 2.24) is 20.3 Å². The quantitative estimate of drug-likeness (QED) is 0.183. The molecule has 9 nitrogen and oxygen atoms in total. The van der Waals surface area contributed by atoms with Crippen molar-refractivity contribution >= 4 is 40.7 Å². The standard InChI is InChI=1S/C23H26FN7O2S/c1-34-23-29-19(25-9-10-27-22(32)18-3-2-8-26-21(18)24)15-20(30-23)28-16-4-6-17(7-5-16)31-11-13-33-14-12-31/h2-8,15H,9-14H2,1H3,(H,27,32)(H2,25,28,29,30). The van der Waals surface area contributed by atoms with E-state index in [1.807, 2.05) is 18.4 Å². The van der Waals surface area contributed by atoms with E-state index in [1.165, 1.54) is 30.1 Å². The van der Waals surface area contributed by atoms with Crippen LogP contribution in [0, 0.1) is 5.95 Å². The molecule has 0 radical (unpaired) electrons. The molecule has 1 amide bonds. The summed E-state index contributed by atoms with van der Waals surface area (Å²) in [6.07, 6.45) is 3.21. The second kappa shape index (κ2) is 11.6. The Bertz CT molecular complexity index is 1110. The summed E-state index contributed by atoms with van der Waals surface area (Å²) in [4.78, 5) is 26.9. The lowest BCUT2D eigenvalue weighted by Crippen LogP contribution is -2.36. The maximum atomic E-state index is 13.6. The average Bonchev–Trinajstić information content (AvgIpc) is 2.87. The molecule has 3 aromatic rings. The minimum Gasteiger partial charge on any atom is -0.378 e. The first-order chi connectivity index (χ1) is 16.6. The van der Waals surface area contributed by atoms with Crippen molar-refractivity contribution in [2.24, 2.45) is 0 Å². The minimum atomic E-state index is -0.790. The topological polar surface area (TPSA) is 104 Å². The molecule has 1 fully saturated rings. The molecule has 0 bridgehead atoms. The zero-order valence-corrected chi connectivity index (χ0v) is 19.6. The van der Waals surface area contributed by atoms with E-state index in [0.717, 1.165) is 37.7 Å². The summed E-state index contributed by atoms with van der Waals surface area (Å²) in [7, 11) is 0. The number of benzene rings is 1. The average molecular weight is 484 g/mol. The van der Waals surface area contributed by atoms with Crippen LogP contribution in [0.1, 0.15) is 10.4 Å². The predicted molar refractivity (Wildman–Crippen MR) is 132 cm³/mol. The molecule has 1 aliphatic heterocycles. The van der Waals surface area contributed by atoms with Crippen LogP contribution in [0.4, 0.5) is 27.4 Å². The summed E-state index contributed by atoms with van der Waals surface area (Å²) in [5.41, 5.74) is 2.00. The molecule has 178 valence electrons. The number of carbonyl (C=O) groups is 1. The number of rotatable bonds is 9. The number of anilines is 4. The molecular formula is C23H26FN7O2S. The maximum absolute atomic E-state index is 13.6. The fraction of sp³-hybridized carbons (Fsp3) is 0.304. The molecular weight excluding hydrogens is 457 g/mol. The van der Waals surface area contributed by atoms with Crippen molar-refractivity contribution in [1.29, 1.82) is 0 Å². The SMILES string of the molecule is CSc1nc(NCCNC(=O)c2cccnc2F)cc(Nc2ccc(N3CCOCC3)cc2)n1. The first-order valence-electron chi connectivity index (χ1n) is 10.9. The van der Waals surface area contributed by atoms with E-state index in [2.05, 4.69) is 47.9 Å². The fourth-order valence-corrected chi connectivity index (χ4v) is 3.79. The number of halogens is 1. The second-order valence-electron chi connectivity index (χ2n) is 7.42. The normalized spacial score (nSPS) is 13.4. The summed E-state index contributed by atoms with van der Waals surface area (Å²) < 4.78 is 19.0. The highest BCUT2D eigenvalue weighted by molar-refractivity contribution is 7.98. The number of ether oxygens (including phenoxy) is 1. The fourth-order valence-electron chi connectivity index (χ4n) is 3.41. The molecule has 3 N–H and O–H groups in total. The van der Waals surface area contributed by atoms with Gasteiger partial charge in [-0.3, -0.25) is 4.79 Å². The van der Waals surface area contributed by atoms with Crippen LogP contribution in [-0.2, 0) is 4.74 Å². The molecule has 2 aromatic heterocycles. The van der Waals surface area contributed by atoms with Gasteiger partial charge in [0.05, 0.1) is 18.8 Å². The van der Waals surface area contributed by atoms with Crippen molar-refractivity contribution in [3.63, 3.8) is 0 Å². The Labute approximate surface area is 201 Å². The van der Waals surface area contributed by atoms with E-state index in [1.54, 1.807) is 6.07 Å². The van der Waals surface area contributed by atoms with Crippen molar-refractivity contribution in [3.05, 3.63) is 60.2 Å². The molecule has 1 aliphatic rings. The largest absolute Gasteiger partial charge is 0.378 e. The van der Waals surface area contributed by atoms with Crippen LogP contribution in [0.25, 0.3) is 0 Å². The van der Waals surface area contributed by atoms with Gasteiger partial charge in [0.15, 0.2) is 5.16 Å². The number of carbonyl (C=O) groups excluding carboxylic acids is 1. The van der Waals surface area contributed by atoms with Crippen LogP contribution in [0.3, 0.4) is 0 Å². The van der Waals surface area contributed by atoms with E-state index in [0.29, 0.717) is 23.3 Å². The first kappa shape index (κ1) is 23.7. The Morgan fingerprint density at radius 3 is 2.62 bits per heavy atom. The Kier molecular flexibility index (Phi) is 8.10. The summed E-state index contributed by atoms with van der Waals surface area (Å²) in [5.74, 6) is -0.0270. The van der Waals surface area contributed by atoms with Gasteiger partial charge in [-0.1, -0.05) is 11.8 Å². The Morgan fingerprint density at radius 2 is 1.88 bits per heavy atom. The number of nitrogens with one attached hydrogen (secondary N) is 3. The molecule has 0 spiro atoms. The minimum absolute atomic E-state index is 0.0830. The molecule has 0 unspecified atom stereocenters.